The lowest BCUT2D eigenvalue weighted by Gasteiger charge is -2.06. The van der Waals surface area contributed by atoms with E-state index in [1.54, 1.807) is 6.07 Å². The summed E-state index contributed by atoms with van der Waals surface area (Å²) in [6.45, 7) is 4.04. The lowest BCUT2D eigenvalue weighted by Crippen LogP contribution is -2.11. The van der Waals surface area contributed by atoms with E-state index < -0.39 is 0 Å². The smallest absolute Gasteiger partial charge is 0.251 e. The second-order valence-electron chi connectivity index (χ2n) is 4.18. The second kappa shape index (κ2) is 4.84. The molecule has 88 valence electrons. The lowest BCUT2D eigenvalue weighted by molar-refractivity contribution is 0.812. The molecule has 0 aliphatic carbocycles. The molecule has 2 rings (SSSR count). The molecule has 0 aliphatic rings. The average molecular weight is 293 g/mol. The largest absolute Gasteiger partial charge is 0.307 e. The summed E-state index contributed by atoms with van der Waals surface area (Å²) in [6, 6.07) is 9.25. The summed E-state index contributed by atoms with van der Waals surface area (Å²) in [5, 5.41) is 0. The van der Waals surface area contributed by atoms with Crippen LogP contribution >= 0.6 is 15.9 Å². The van der Waals surface area contributed by atoms with Crippen LogP contribution in [0.2, 0.25) is 0 Å². The Bertz CT molecular complexity index is 573. The summed E-state index contributed by atoms with van der Waals surface area (Å²) in [7, 11) is 0. The predicted octanol–water partition coefficient (Wildman–Crippen LogP) is 3.32. The van der Waals surface area contributed by atoms with Crippen LogP contribution in [0.5, 0.6) is 0 Å². The van der Waals surface area contributed by atoms with Gasteiger partial charge in [0.05, 0.1) is 5.69 Å². The molecule has 0 amide bonds. The van der Waals surface area contributed by atoms with E-state index in [0.717, 1.165) is 15.7 Å². The summed E-state index contributed by atoms with van der Waals surface area (Å²) in [5.41, 5.74) is 1.61. The van der Waals surface area contributed by atoms with Gasteiger partial charge in [-0.25, -0.2) is 4.98 Å². The number of hydrogen-bond acceptors (Lipinski definition) is 2. The van der Waals surface area contributed by atoms with Gasteiger partial charge in [-0.2, -0.15) is 0 Å². The summed E-state index contributed by atoms with van der Waals surface area (Å²) < 4.78 is 1.00. The van der Waals surface area contributed by atoms with Crippen LogP contribution in [0.3, 0.4) is 0 Å². The first-order valence-corrected chi connectivity index (χ1v) is 6.23. The maximum atomic E-state index is 11.6. The number of nitrogens with one attached hydrogen (secondary N) is 1. The fourth-order valence-corrected chi connectivity index (χ4v) is 1.78. The molecule has 0 fully saturated rings. The molecule has 1 aromatic carbocycles. The van der Waals surface area contributed by atoms with Gasteiger partial charge in [-0.05, 0) is 18.1 Å². The lowest BCUT2D eigenvalue weighted by atomic mass is 10.1. The number of aromatic amines is 1. The quantitative estimate of drug-likeness (QED) is 0.923. The number of hydrogen-bond donors (Lipinski definition) is 1. The zero-order valence-corrected chi connectivity index (χ0v) is 11.3. The molecule has 4 heteroatoms. The van der Waals surface area contributed by atoms with E-state index in [-0.39, 0.29) is 11.5 Å². The third-order valence-electron chi connectivity index (χ3n) is 2.47. The van der Waals surface area contributed by atoms with Crippen molar-refractivity contribution in [1.29, 1.82) is 0 Å². The van der Waals surface area contributed by atoms with Gasteiger partial charge in [0.15, 0.2) is 0 Å². The molecule has 0 radical (unpaired) electrons. The normalized spacial score (nSPS) is 10.8. The minimum absolute atomic E-state index is 0.110. The van der Waals surface area contributed by atoms with E-state index in [9.17, 15) is 4.79 Å². The minimum Gasteiger partial charge on any atom is -0.307 e. The molecule has 0 unspecified atom stereocenters. The van der Waals surface area contributed by atoms with Gasteiger partial charge >= 0.3 is 0 Å². The number of rotatable bonds is 2. The Balaban J connectivity index is 2.52. The standard InChI is InChI=1S/C13H13BrN2O/c1-8(2)11-7-12(17)16-13(15-11)9-3-5-10(14)6-4-9/h3-8H,1-2H3,(H,15,16,17). The van der Waals surface area contributed by atoms with Gasteiger partial charge < -0.3 is 4.98 Å². The molecule has 0 bridgehead atoms. The van der Waals surface area contributed by atoms with Crippen LogP contribution in [0, 0.1) is 0 Å². The van der Waals surface area contributed by atoms with Crippen LogP contribution in [0.1, 0.15) is 25.5 Å². The van der Waals surface area contributed by atoms with Gasteiger partial charge in [0.25, 0.3) is 5.56 Å². The summed E-state index contributed by atoms with van der Waals surface area (Å²) >= 11 is 3.38. The van der Waals surface area contributed by atoms with E-state index >= 15 is 0 Å². The monoisotopic (exact) mass is 292 g/mol. The maximum Gasteiger partial charge on any atom is 0.251 e. The molecule has 0 saturated heterocycles. The molecule has 0 saturated carbocycles. The molecule has 0 atom stereocenters. The average Bonchev–Trinajstić information content (AvgIpc) is 2.29. The highest BCUT2D eigenvalue weighted by molar-refractivity contribution is 9.10. The van der Waals surface area contributed by atoms with Gasteiger partial charge in [-0.15, -0.1) is 0 Å². The Hall–Kier alpha value is -1.42. The van der Waals surface area contributed by atoms with Crippen molar-refractivity contribution in [2.75, 3.05) is 0 Å². The molecule has 3 nitrogen and oxygen atoms in total. The first kappa shape index (κ1) is 12.0. The molecular formula is C13H13BrN2O. The number of halogens is 1. The first-order valence-electron chi connectivity index (χ1n) is 5.43. The van der Waals surface area contributed by atoms with Crippen molar-refractivity contribution in [2.24, 2.45) is 0 Å². The number of nitrogens with zero attached hydrogens (tertiary/aromatic N) is 1. The van der Waals surface area contributed by atoms with E-state index in [2.05, 4.69) is 25.9 Å². The summed E-state index contributed by atoms with van der Waals surface area (Å²) in [6.07, 6.45) is 0. The van der Waals surface area contributed by atoms with Crippen LogP contribution in [-0.4, -0.2) is 9.97 Å². The second-order valence-corrected chi connectivity index (χ2v) is 5.10. The van der Waals surface area contributed by atoms with Crippen LogP contribution in [0.4, 0.5) is 0 Å². The van der Waals surface area contributed by atoms with Crippen molar-refractivity contribution in [1.82, 2.24) is 9.97 Å². The summed E-state index contributed by atoms with van der Waals surface area (Å²) in [4.78, 5) is 18.8. The fourth-order valence-electron chi connectivity index (χ4n) is 1.52. The van der Waals surface area contributed by atoms with Crippen molar-refractivity contribution < 1.29 is 0 Å². The minimum atomic E-state index is -0.110. The van der Waals surface area contributed by atoms with E-state index in [1.165, 1.54) is 0 Å². The maximum absolute atomic E-state index is 11.6. The van der Waals surface area contributed by atoms with Gasteiger partial charge in [-0.1, -0.05) is 41.9 Å². The van der Waals surface area contributed by atoms with Crippen LogP contribution in [0.15, 0.2) is 39.6 Å². The van der Waals surface area contributed by atoms with Crippen molar-refractivity contribution in [3.05, 3.63) is 50.9 Å². The van der Waals surface area contributed by atoms with Crippen molar-refractivity contribution >= 4 is 15.9 Å². The molecule has 0 spiro atoms. The van der Waals surface area contributed by atoms with Crippen LogP contribution in [0.25, 0.3) is 11.4 Å². The van der Waals surface area contributed by atoms with E-state index in [4.69, 9.17) is 0 Å². The van der Waals surface area contributed by atoms with E-state index in [0.29, 0.717) is 5.82 Å². The van der Waals surface area contributed by atoms with Gasteiger partial charge in [0.2, 0.25) is 0 Å². The molecular weight excluding hydrogens is 280 g/mol. The molecule has 2 aromatic rings. The summed E-state index contributed by atoms with van der Waals surface area (Å²) in [5.74, 6) is 0.861. The molecule has 17 heavy (non-hydrogen) atoms. The first-order chi connectivity index (χ1) is 8.06. The fraction of sp³-hybridized carbons (Fsp3) is 0.231. The Morgan fingerprint density at radius 3 is 2.47 bits per heavy atom. The van der Waals surface area contributed by atoms with Crippen molar-refractivity contribution in [2.45, 2.75) is 19.8 Å². The molecule has 1 heterocycles. The van der Waals surface area contributed by atoms with Gasteiger partial charge in [-0.3, -0.25) is 4.79 Å². The predicted molar refractivity (Wildman–Crippen MR) is 72.1 cm³/mol. The molecule has 0 aliphatic heterocycles. The third-order valence-corrected chi connectivity index (χ3v) is 3.00. The SMILES string of the molecule is CC(C)c1cc(=O)[nH]c(-c2ccc(Br)cc2)n1. The molecule has 1 aromatic heterocycles. The zero-order valence-electron chi connectivity index (χ0n) is 9.70. The Labute approximate surface area is 108 Å². The van der Waals surface area contributed by atoms with Gasteiger partial charge in [0, 0.05) is 16.1 Å². The van der Waals surface area contributed by atoms with Crippen LogP contribution < -0.4 is 5.56 Å². The Morgan fingerprint density at radius 1 is 1.24 bits per heavy atom. The molecule has 1 N–H and O–H groups in total. The topological polar surface area (TPSA) is 45.8 Å². The van der Waals surface area contributed by atoms with Gasteiger partial charge in [0.1, 0.15) is 5.82 Å². The number of benzene rings is 1. The highest BCUT2D eigenvalue weighted by Gasteiger charge is 2.06. The van der Waals surface area contributed by atoms with Crippen LogP contribution in [-0.2, 0) is 0 Å². The number of aromatic nitrogens is 2. The Kier molecular flexibility index (Phi) is 3.43. The Morgan fingerprint density at radius 2 is 1.88 bits per heavy atom. The van der Waals surface area contributed by atoms with Crippen molar-refractivity contribution in [3.63, 3.8) is 0 Å². The highest BCUT2D eigenvalue weighted by Crippen LogP contribution is 2.19. The third kappa shape index (κ3) is 2.82. The van der Waals surface area contributed by atoms with E-state index in [1.807, 2.05) is 38.1 Å². The highest BCUT2D eigenvalue weighted by atomic mass is 79.9. The number of H-pyrrole nitrogens is 1. The van der Waals surface area contributed by atoms with Crippen molar-refractivity contribution in [3.8, 4) is 11.4 Å². The zero-order chi connectivity index (χ0) is 12.4.